The molecule has 3 heteroatoms. The first kappa shape index (κ1) is 25.3. The fourth-order valence-corrected chi connectivity index (χ4v) is 8.44. The minimum absolute atomic E-state index is 0.0675. The molecular weight excluding hydrogens is 438 g/mol. The van der Waals surface area contributed by atoms with Gasteiger partial charge in [0.2, 0.25) is 5.82 Å². The number of allylic oxidation sites excluding steroid dienone is 1. The predicted octanol–water partition coefficient (Wildman–Crippen LogP) is 9.28. The summed E-state index contributed by atoms with van der Waals surface area (Å²) in [4.78, 5) is 0. The summed E-state index contributed by atoms with van der Waals surface area (Å²) in [5, 5.41) is 0. The Morgan fingerprint density at radius 2 is 1.20 bits per heavy atom. The van der Waals surface area contributed by atoms with Crippen LogP contribution in [0.2, 0.25) is 0 Å². The Bertz CT molecular complexity index is 849. The van der Waals surface area contributed by atoms with Gasteiger partial charge in [-0.3, -0.25) is 0 Å². The van der Waals surface area contributed by atoms with Gasteiger partial charge in [0.25, 0.3) is 0 Å². The summed E-state index contributed by atoms with van der Waals surface area (Å²) in [5.74, 6) is 5.46. The summed E-state index contributed by atoms with van der Waals surface area (Å²) in [5.41, 5.74) is 0.328. The van der Waals surface area contributed by atoms with Crippen molar-refractivity contribution in [2.75, 3.05) is 6.61 Å². The molecule has 0 aliphatic heterocycles. The summed E-state index contributed by atoms with van der Waals surface area (Å²) >= 11 is 0. The van der Waals surface area contributed by atoms with E-state index in [9.17, 15) is 8.78 Å². The van der Waals surface area contributed by atoms with Gasteiger partial charge in [0, 0.05) is 0 Å². The van der Waals surface area contributed by atoms with E-state index < -0.39 is 11.6 Å². The van der Waals surface area contributed by atoms with Gasteiger partial charge in [-0.15, -0.1) is 6.58 Å². The lowest BCUT2D eigenvalue weighted by molar-refractivity contribution is 0.0366. The Morgan fingerprint density at radius 3 is 1.74 bits per heavy atom. The summed E-state index contributed by atoms with van der Waals surface area (Å²) in [7, 11) is 0. The molecule has 1 aromatic rings. The summed E-state index contributed by atoms with van der Waals surface area (Å²) in [6.07, 6.45) is 21.6. The van der Waals surface area contributed by atoms with E-state index in [0.717, 1.165) is 41.4 Å². The average molecular weight is 485 g/mol. The van der Waals surface area contributed by atoms with E-state index >= 15 is 0 Å². The number of ether oxygens (including phenoxy) is 1. The molecule has 4 unspecified atom stereocenters. The maximum Gasteiger partial charge on any atom is 0.200 e. The monoisotopic (exact) mass is 484 g/mol. The zero-order valence-corrected chi connectivity index (χ0v) is 21.8. The van der Waals surface area contributed by atoms with Gasteiger partial charge < -0.3 is 4.74 Å². The Hall–Kier alpha value is -1.38. The lowest BCUT2D eigenvalue weighted by Gasteiger charge is -2.47. The summed E-state index contributed by atoms with van der Waals surface area (Å²) < 4.78 is 33.6. The normalized spacial score (nSPS) is 37.9. The molecule has 194 valence electrons. The largest absolute Gasteiger partial charge is 0.490 e. The highest BCUT2D eigenvalue weighted by molar-refractivity contribution is 5.30. The van der Waals surface area contributed by atoms with Crippen molar-refractivity contribution in [1.29, 1.82) is 0 Å². The number of halogens is 2. The minimum atomic E-state index is -0.838. The Kier molecular flexibility index (Phi) is 8.19. The molecule has 0 N–H and O–H groups in total. The third-order valence-electron chi connectivity index (χ3n) is 10.8. The maximum absolute atomic E-state index is 14.1. The van der Waals surface area contributed by atoms with Crippen LogP contribution in [0.1, 0.15) is 95.5 Å². The van der Waals surface area contributed by atoms with Gasteiger partial charge in [-0.2, -0.15) is 4.39 Å². The quantitative estimate of drug-likeness (QED) is 0.366. The minimum Gasteiger partial charge on any atom is -0.490 e. The van der Waals surface area contributed by atoms with Gasteiger partial charge in [-0.05, 0) is 156 Å². The van der Waals surface area contributed by atoms with E-state index in [-0.39, 0.29) is 5.75 Å². The molecule has 1 nitrogen and oxygen atoms in total. The molecule has 0 amide bonds. The topological polar surface area (TPSA) is 9.23 Å². The number of rotatable bonds is 6. The van der Waals surface area contributed by atoms with Crippen LogP contribution in [-0.4, -0.2) is 6.61 Å². The average Bonchev–Trinajstić information content (AvgIpc) is 2.91. The standard InChI is InChI=1S/C32H46F2O/c1-3-22-5-9-24(10-6-22)26-13-15-29-19-27(14-16-28(29)18-26)25-11-7-23(8-12-25)20-35-30-17-4-21(2)31(33)32(30)34/h3-4,17,22-29H,1,5-16,18-20H2,2H3. The molecule has 0 heterocycles. The van der Waals surface area contributed by atoms with Crippen molar-refractivity contribution in [2.24, 2.45) is 47.3 Å². The van der Waals surface area contributed by atoms with Gasteiger partial charge in [0.15, 0.2) is 11.6 Å². The van der Waals surface area contributed by atoms with Crippen molar-refractivity contribution in [3.05, 3.63) is 42.0 Å². The second-order valence-electron chi connectivity index (χ2n) is 12.7. The van der Waals surface area contributed by atoms with E-state index in [0.29, 0.717) is 18.1 Å². The van der Waals surface area contributed by atoms with Crippen LogP contribution >= 0.6 is 0 Å². The van der Waals surface area contributed by atoms with E-state index in [1.807, 2.05) is 0 Å². The third-order valence-corrected chi connectivity index (χ3v) is 10.8. The molecule has 4 aliphatic carbocycles. The summed E-state index contributed by atoms with van der Waals surface area (Å²) in [6.45, 7) is 6.12. The number of hydrogen-bond acceptors (Lipinski definition) is 1. The van der Waals surface area contributed by atoms with Crippen LogP contribution in [0.4, 0.5) is 8.78 Å². The van der Waals surface area contributed by atoms with Crippen molar-refractivity contribution in [1.82, 2.24) is 0 Å². The van der Waals surface area contributed by atoms with Crippen LogP contribution in [0.5, 0.6) is 5.75 Å². The number of aryl methyl sites for hydroxylation is 1. The van der Waals surface area contributed by atoms with Crippen molar-refractivity contribution < 1.29 is 13.5 Å². The van der Waals surface area contributed by atoms with Crippen LogP contribution in [0, 0.1) is 65.9 Å². The molecule has 0 spiro atoms. The highest BCUT2D eigenvalue weighted by Gasteiger charge is 2.40. The predicted molar refractivity (Wildman–Crippen MR) is 139 cm³/mol. The highest BCUT2D eigenvalue weighted by atomic mass is 19.2. The maximum atomic E-state index is 14.1. The Morgan fingerprint density at radius 1 is 0.714 bits per heavy atom. The van der Waals surface area contributed by atoms with Gasteiger partial charge >= 0.3 is 0 Å². The van der Waals surface area contributed by atoms with Crippen LogP contribution in [0.25, 0.3) is 0 Å². The molecule has 4 fully saturated rings. The Labute approximate surface area is 212 Å². The molecule has 0 radical (unpaired) electrons. The molecule has 4 aliphatic rings. The first-order valence-corrected chi connectivity index (χ1v) is 14.7. The smallest absolute Gasteiger partial charge is 0.200 e. The molecule has 1 aromatic carbocycles. The lowest BCUT2D eigenvalue weighted by Crippen LogP contribution is -2.37. The fourth-order valence-electron chi connectivity index (χ4n) is 8.44. The molecular formula is C32H46F2O. The van der Waals surface area contributed by atoms with Crippen LogP contribution < -0.4 is 4.74 Å². The van der Waals surface area contributed by atoms with E-state index in [1.54, 1.807) is 19.1 Å². The van der Waals surface area contributed by atoms with Crippen LogP contribution in [0.15, 0.2) is 24.8 Å². The van der Waals surface area contributed by atoms with Crippen molar-refractivity contribution >= 4 is 0 Å². The fraction of sp³-hybridized carbons (Fsp3) is 0.750. The number of fused-ring (bicyclic) bond motifs is 1. The second kappa shape index (κ2) is 11.3. The zero-order chi connectivity index (χ0) is 24.4. The lowest BCUT2D eigenvalue weighted by atomic mass is 9.58. The zero-order valence-electron chi connectivity index (χ0n) is 21.8. The van der Waals surface area contributed by atoms with Gasteiger partial charge in [0.05, 0.1) is 6.61 Å². The summed E-state index contributed by atoms with van der Waals surface area (Å²) in [6, 6.07) is 3.17. The van der Waals surface area contributed by atoms with Gasteiger partial charge in [0.1, 0.15) is 0 Å². The molecule has 4 saturated carbocycles. The molecule has 5 rings (SSSR count). The number of hydrogen-bond donors (Lipinski definition) is 0. The molecule has 35 heavy (non-hydrogen) atoms. The molecule has 0 aromatic heterocycles. The molecule has 0 saturated heterocycles. The van der Waals surface area contributed by atoms with Gasteiger partial charge in [-0.25, -0.2) is 4.39 Å². The second-order valence-corrected chi connectivity index (χ2v) is 12.7. The number of benzene rings is 1. The van der Waals surface area contributed by atoms with E-state index in [4.69, 9.17) is 4.74 Å². The van der Waals surface area contributed by atoms with E-state index in [1.165, 1.54) is 89.9 Å². The first-order chi connectivity index (χ1) is 17.0. The van der Waals surface area contributed by atoms with E-state index in [2.05, 4.69) is 12.7 Å². The van der Waals surface area contributed by atoms with Crippen LogP contribution in [-0.2, 0) is 0 Å². The van der Waals surface area contributed by atoms with Crippen molar-refractivity contribution in [2.45, 2.75) is 96.8 Å². The third kappa shape index (κ3) is 5.80. The Balaban J connectivity index is 1.04. The SMILES string of the molecule is C=CC1CCC(C2CCC3CC(C4CCC(COc5ccc(C)c(F)c5F)CC4)CCC3C2)CC1. The van der Waals surface area contributed by atoms with Gasteiger partial charge in [-0.1, -0.05) is 12.1 Å². The highest BCUT2D eigenvalue weighted by Crippen LogP contribution is 2.51. The van der Waals surface area contributed by atoms with Crippen LogP contribution in [0.3, 0.4) is 0 Å². The molecule has 0 bridgehead atoms. The first-order valence-electron chi connectivity index (χ1n) is 14.7. The van der Waals surface area contributed by atoms with Crippen molar-refractivity contribution in [3.8, 4) is 5.75 Å². The van der Waals surface area contributed by atoms with Crippen molar-refractivity contribution in [3.63, 3.8) is 0 Å². The molecule has 4 atom stereocenters.